The number of nitrogens with one attached hydrogen (secondary N) is 2. The fraction of sp³-hybridized carbons (Fsp3) is 0.556. The predicted octanol–water partition coefficient (Wildman–Crippen LogP) is 2.12. The van der Waals surface area contributed by atoms with Crippen molar-refractivity contribution in [2.45, 2.75) is 19.8 Å². The van der Waals surface area contributed by atoms with Crippen LogP contribution in [0.15, 0.2) is 18.2 Å². The molecule has 0 bridgehead atoms. The van der Waals surface area contributed by atoms with Gasteiger partial charge in [0.05, 0.1) is 0 Å². The summed E-state index contributed by atoms with van der Waals surface area (Å²) in [5, 5.41) is 6.31. The van der Waals surface area contributed by atoms with Gasteiger partial charge < -0.3 is 15.5 Å². The maximum Gasteiger partial charge on any atom is 0.253 e. The zero-order valence-electron chi connectivity index (χ0n) is 14.1. The van der Waals surface area contributed by atoms with Gasteiger partial charge in [0.1, 0.15) is 0 Å². The lowest BCUT2D eigenvalue weighted by Gasteiger charge is -2.27. The molecule has 0 radical (unpaired) electrons. The summed E-state index contributed by atoms with van der Waals surface area (Å²) in [6, 6.07) is 5.61. The Bertz CT molecular complexity index is 608. The minimum absolute atomic E-state index is 0.0594. The number of hydrogen-bond donors (Lipinski definition) is 2. The maximum absolute atomic E-state index is 12.6. The van der Waals surface area contributed by atoms with Crippen LogP contribution in [-0.4, -0.2) is 54.4 Å². The van der Waals surface area contributed by atoms with E-state index >= 15 is 0 Å². The van der Waals surface area contributed by atoms with Gasteiger partial charge in [-0.25, -0.2) is 0 Å². The molecule has 0 saturated carbocycles. The lowest BCUT2D eigenvalue weighted by atomic mass is 9.97. The number of rotatable bonds is 3. The van der Waals surface area contributed by atoms with E-state index < -0.39 is 0 Å². The second-order valence-electron chi connectivity index (χ2n) is 6.45. The maximum atomic E-state index is 12.6. The van der Waals surface area contributed by atoms with Crippen LogP contribution in [-0.2, 0) is 4.79 Å². The zero-order chi connectivity index (χ0) is 16.9. The molecule has 0 spiro atoms. The lowest BCUT2D eigenvalue weighted by molar-refractivity contribution is -0.120. The highest BCUT2D eigenvalue weighted by molar-refractivity contribution is 7.99. The van der Waals surface area contributed by atoms with E-state index in [1.165, 1.54) is 0 Å². The highest BCUT2D eigenvalue weighted by Gasteiger charge is 2.23. The van der Waals surface area contributed by atoms with Crippen LogP contribution >= 0.6 is 11.8 Å². The third kappa shape index (κ3) is 4.11. The Balaban J connectivity index is 1.71. The largest absolute Gasteiger partial charge is 0.337 e. The Kier molecular flexibility index (Phi) is 5.79. The monoisotopic (exact) mass is 347 g/mol. The SMILES string of the molecule is Cc1ccc(C(=O)N2CCSCC2)cc1NC(=O)C1CCNCC1. The minimum atomic E-state index is 0.0594. The highest BCUT2D eigenvalue weighted by Crippen LogP contribution is 2.22. The van der Waals surface area contributed by atoms with Gasteiger partial charge in [0, 0.05) is 41.8 Å². The van der Waals surface area contributed by atoms with E-state index in [0.717, 1.165) is 61.8 Å². The summed E-state index contributed by atoms with van der Waals surface area (Å²) in [6.45, 7) is 5.34. The summed E-state index contributed by atoms with van der Waals surface area (Å²) in [5.74, 6) is 2.18. The van der Waals surface area contributed by atoms with Gasteiger partial charge in [-0.15, -0.1) is 0 Å². The quantitative estimate of drug-likeness (QED) is 0.879. The number of aryl methyl sites for hydroxylation is 1. The lowest BCUT2D eigenvalue weighted by Crippen LogP contribution is -2.38. The van der Waals surface area contributed by atoms with Gasteiger partial charge in [-0.2, -0.15) is 11.8 Å². The first kappa shape index (κ1) is 17.3. The van der Waals surface area contributed by atoms with Crippen LogP contribution in [0.2, 0.25) is 0 Å². The normalized spacial score (nSPS) is 19.1. The molecule has 24 heavy (non-hydrogen) atoms. The summed E-state index contributed by atoms with van der Waals surface area (Å²) in [5.41, 5.74) is 2.41. The molecular weight excluding hydrogens is 322 g/mol. The number of anilines is 1. The van der Waals surface area contributed by atoms with Crippen LogP contribution in [0.25, 0.3) is 0 Å². The number of carbonyl (C=O) groups excluding carboxylic acids is 2. The Labute approximate surface area is 147 Å². The second-order valence-corrected chi connectivity index (χ2v) is 7.67. The molecule has 0 unspecified atom stereocenters. The zero-order valence-corrected chi connectivity index (χ0v) is 15.0. The average Bonchev–Trinajstić information content (AvgIpc) is 2.64. The Hall–Kier alpha value is -1.53. The van der Waals surface area contributed by atoms with Crippen LogP contribution in [0.4, 0.5) is 5.69 Å². The third-order valence-electron chi connectivity index (χ3n) is 4.75. The molecule has 0 aromatic heterocycles. The van der Waals surface area contributed by atoms with Crippen LogP contribution < -0.4 is 10.6 Å². The Morgan fingerprint density at radius 2 is 1.92 bits per heavy atom. The summed E-state index contributed by atoms with van der Waals surface area (Å²) >= 11 is 1.89. The van der Waals surface area contributed by atoms with E-state index in [4.69, 9.17) is 0 Å². The molecule has 6 heteroatoms. The fourth-order valence-electron chi connectivity index (χ4n) is 3.16. The van der Waals surface area contributed by atoms with Crippen LogP contribution in [0.1, 0.15) is 28.8 Å². The van der Waals surface area contributed by atoms with Crippen molar-refractivity contribution in [1.29, 1.82) is 0 Å². The smallest absolute Gasteiger partial charge is 0.253 e. The standard InChI is InChI=1S/C18H25N3O2S/c1-13-2-3-15(18(23)21-8-10-24-11-9-21)12-16(13)20-17(22)14-4-6-19-7-5-14/h2-3,12,14,19H,4-11H2,1H3,(H,20,22). The van der Waals surface area contributed by atoms with E-state index in [1.54, 1.807) is 0 Å². The molecule has 2 aliphatic heterocycles. The topological polar surface area (TPSA) is 61.4 Å². The molecule has 0 aliphatic carbocycles. The molecular formula is C18H25N3O2S. The van der Waals surface area contributed by atoms with Gasteiger partial charge >= 0.3 is 0 Å². The molecule has 2 aliphatic rings. The third-order valence-corrected chi connectivity index (χ3v) is 5.69. The van der Waals surface area contributed by atoms with Crippen molar-refractivity contribution >= 4 is 29.3 Å². The van der Waals surface area contributed by atoms with E-state index in [0.29, 0.717) is 5.56 Å². The van der Waals surface area contributed by atoms with Crippen molar-refractivity contribution < 1.29 is 9.59 Å². The fourth-order valence-corrected chi connectivity index (χ4v) is 4.06. The first-order valence-electron chi connectivity index (χ1n) is 8.64. The van der Waals surface area contributed by atoms with Crippen molar-refractivity contribution in [2.24, 2.45) is 5.92 Å². The van der Waals surface area contributed by atoms with Crippen molar-refractivity contribution in [3.63, 3.8) is 0 Å². The van der Waals surface area contributed by atoms with Gasteiger partial charge in [-0.3, -0.25) is 9.59 Å². The van der Waals surface area contributed by atoms with Crippen LogP contribution in [0, 0.1) is 12.8 Å². The molecule has 2 fully saturated rings. The van der Waals surface area contributed by atoms with Gasteiger partial charge in [-0.05, 0) is 50.6 Å². The average molecular weight is 347 g/mol. The van der Waals surface area contributed by atoms with E-state index in [2.05, 4.69) is 10.6 Å². The summed E-state index contributed by atoms with van der Waals surface area (Å²) in [7, 11) is 0. The molecule has 1 aromatic rings. The van der Waals surface area contributed by atoms with Crippen molar-refractivity contribution in [1.82, 2.24) is 10.2 Å². The molecule has 1 aromatic carbocycles. The summed E-state index contributed by atoms with van der Waals surface area (Å²) in [4.78, 5) is 27.0. The highest BCUT2D eigenvalue weighted by atomic mass is 32.2. The number of nitrogens with zero attached hydrogens (tertiary/aromatic N) is 1. The minimum Gasteiger partial charge on any atom is -0.337 e. The van der Waals surface area contributed by atoms with Gasteiger partial charge in [-0.1, -0.05) is 6.07 Å². The van der Waals surface area contributed by atoms with Gasteiger partial charge in [0.2, 0.25) is 5.91 Å². The molecule has 2 heterocycles. The summed E-state index contributed by atoms with van der Waals surface area (Å²) < 4.78 is 0. The van der Waals surface area contributed by atoms with Gasteiger partial charge in [0.25, 0.3) is 5.91 Å². The molecule has 2 amide bonds. The van der Waals surface area contributed by atoms with E-state index in [9.17, 15) is 9.59 Å². The van der Waals surface area contributed by atoms with Gasteiger partial charge in [0.15, 0.2) is 0 Å². The number of amides is 2. The number of benzene rings is 1. The van der Waals surface area contributed by atoms with Crippen LogP contribution in [0.5, 0.6) is 0 Å². The number of thioether (sulfide) groups is 1. The molecule has 3 rings (SSSR count). The number of piperidine rings is 1. The van der Waals surface area contributed by atoms with Crippen molar-refractivity contribution in [2.75, 3.05) is 43.0 Å². The van der Waals surface area contributed by atoms with Crippen molar-refractivity contribution in [3.8, 4) is 0 Å². The number of hydrogen-bond acceptors (Lipinski definition) is 4. The van der Waals surface area contributed by atoms with Crippen molar-refractivity contribution in [3.05, 3.63) is 29.3 Å². The molecule has 130 valence electrons. The first-order chi connectivity index (χ1) is 11.6. The molecule has 5 nitrogen and oxygen atoms in total. The summed E-state index contributed by atoms with van der Waals surface area (Å²) in [6.07, 6.45) is 1.74. The first-order valence-corrected chi connectivity index (χ1v) is 9.80. The second kappa shape index (κ2) is 8.03. The molecule has 2 saturated heterocycles. The Morgan fingerprint density at radius 1 is 1.21 bits per heavy atom. The predicted molar refractivity (Wildman–Crippen MR) is 98.6 cm³/mol. The number of carbonyl (C=O) groups is 2. The Morgan fingerprint density at radius 3 is 2.62 bits per heavy atom. The van der Waals surface area contributed by atoms with Crippen LogP contribution in [0.3, 0.4) is 0 Å². The van der Waals surface area contributed by atoms with E-state index in [1.807, 2.05) is 41.8 Å². The van der Waals surface area contributed by atoms with E-state index in [-0.39, 0.29) is 17.7 Å². The molecule has 0 atom stereocenters. The molecule has 2 N–H and O–H groups in total.